The van der Waals surface area contributed by atoms with Crippen molar-refractivity contribution < 1.29 is 23.1 Å². The van der Waals surface area contributed by atoms with Gasteiger partial charge in [0, 0.05) is 10.9 Å². The molecule has 9 nitrogen and oxygen atoms in total. The number of benzene rings is 3. The first-order valence-electron chi connectivity index (χ1n) is 9.66. The molecule has 0 bridgehead atoms. The molecule has 0 radical (unpaired) electrons. The summed E-state index contributed by atoms with van der Waals surface area (Å²) in [6.07, 6.45) is 0. The van der Waals surface area contributed by atoms with Gasteiger partial charge in [-0.15, -0.1) is 5.10 Å². The second-order valence-corrected chi connectivity index (χ2v) is 7.08. The summed E-state index contributed by atoms with van der Waals surface area (Å²) in [7, 11) is 0. The summed E-state index contributed by atoms with van der Waals surface area (Å²) in [5.74, 6) is 0.647. The predicted molar refractivity (Wildman–Crippen MR) is 114 cm³/mol. The highest BCUT2D eigenvalue weighted by Gasteiger charge is 2.20. The molecule has 0 fully saturated rings. The lowest BCUT2D eigenvalue weighted by atomic mass is 10.0. The van der Waals surface area contributed by atoms with E-state index < -0.39 is 11.5 Å². The molecule has 5 aromatic rings. The minimum Gasteiger partial charge on any atom is -0.454 e. The average molecular weight is 427 g/mol. The van der Waals surface area contributed by atoms with Crippen molar-refractivity contribution >= 4 is 33.7 Å². The quantitative estimate of drug-likeness (QED) is 0.339. The number of ether oxygens (including phenoxy) is 2. The second-order valence-electron chi connectivity index (χ2n) is 7.08. The third-order valence-corrected chi connectivity index (χ3v) is 5.15. The van der Waals surface area contributed by atoms with Crippen molar-refractivity contribution in [3.8, 4) is 23.0 Å². The fourth-order valence-electron chi connectivity index (χ4n) is 3.61. The summed E-state index contributed by atoms with van der Waals surface area (Å²) in [6, 6.07) is 17.7. The fourth-order valence-corrected chi connectivity index (χ4v) is 3.61. The molecule has 0 aliphatic carbocycles. The Bertz CT molecular complexity index is 1590. The third-order valence-electron chi connectivity index (χ3n) is 5.15. The van der Waals surface area contributed by atoms with Crippen molar-refractivity contribution in [1.29, 1.82) is 0 Å². The SMILES string of the molecule is O=C(Nc1nnc(-c2ccc3c(c2)OCO3)o1)c1cc2c(ccc3ccccc32)oc1=O. The fraction of sp³-hybridized carbons (Fsp3) is 0.0435. The zero-order valence-electron chi connectivity index (χ0n) is 16.3. The lowest BCUT2D eigenvalue weighted by Crippen LogP contribution is -2.20. The van der Waals surface area contributed by atoms with E-state index >= 15 is 0 Å². The van der Waals surface area contributed by atoms with E-state index in [1.807, 2.05) is 30.3 Å². The summed E-state index contributed by atoms with van der Waals surface area (Å²) in [6.45, 7) is 0.146. The molecule has 1 amide bonds. The summed E-state index contributed by atoms with van der Waals surface area (Å²) in [5.41, 5.74) is 0.0598. The Kier molecular flexibility index (Phi) is 3.94. The van der Waals surface area contributed by atoms with Gasteiger partial charge in [-0.3, -0.25) is 10.1 Å². The molecule has 3 heterocycles. The molecule has 156 valence electrons. The van der Waals surface area contributed by atoms with Gasteiger partial charge in [0.25, 0.3) is 5.91 Å². The standard InChI is InChI=1S/C23H13N3O6/c27-20(16-10-15-14-4-2-1-3-12(14)5-7-17(15)31-22(16)28)24-23-26-25-21(32-23)13-6-8-18-19(9-13)30-11-29-18/h1-10H,11H2,(H,24,26,27). The van der Waals surface area contributed by atoms with Crippen LogP contribution in [0, 0.1) is 0 Å². The normalized spacial score (nSPS) is 12.4. The van der Waals surface area contributed by atoms with E-state index in [-0.39, 0.29) is 24.3 Å². The molecule has 0 saturated heterocycles. The Labute approximate surface area is 179 Å². The molecule has 0 unspecified atom stereocenters. The van der Waals surface area contributed by atoms with Gasteiger partial charge in [-0.25, -0.2) is 4.79 Å². The Morgan fingerprint density at radius 3 is 2.69 bits per heavy atom. The van der Waals surface area contributed by atoms with E-state index in [0.717, 1.165) is 10.8 Å². The minimum absolute atomic E-state index is 0.146. The molecule has 1 N–H and O–H groups in total. The number of aromatic nitrogens is 2. The first-order valence-corrected chi connectivity index (χ1v) is 9.66. The van der Waals surface area contributed by atoms with Gasteiger partial charge >= 0.3 is 11.6 Å². The molecule has 32 heavy (non-hydrogen) atoms. The van der Waals surface area contributed by atoms with Gasteiger partial charge in [0.2, 0.25) is 12.7 Å². The molecule has 1 aliphatic rings. The number of anilines is 1. The summed E-state index contributed by atoms with van der Waals surface area (Å²) < 4.78 is 21.5. The lowest BCUT2D eigenvalue weighted by molar-refractivity contribution is 0.102. The maximum Gasteiger partial charge on any atom is 0.349 e. The lowest BCUT2D eigenvalue weighted by Gasteiger charge is -2.05. The van der Waals surface area contributed by atoms with E-state index in [2.05, 4.69) is 15.5 Å². The minimum atomic E-state index is -0.763. The number of carbonyl (C=O) groups is 1. The van der Waals surface area contributed by atoms with E-state index in [4.69, 9.17) is 18.3 Å². The predicted octanol–water partition coefficient (Wildman–Crippen LogP) is 3.98. The van der Waals surface area contributed by atoms with Crippen LogP contribution < -0.4 is 20.4 Å². The number of nitrogens with one attached hydrogen (secondary N) is 1. The van der Waals surface area contributed by atoms with E-state index in [9.17, 15) is 9.59 Å². The van der Waals surface area contributed by atoms with Crippen molar-refractivity contribution in [2.45, 2.75) is 0 Å². The molecule has 1 aliphatic heterocycles. The molecule has 6 rings (SSSR count). The average Bonchev–Trinajstić information content (AvgIpc) is 3.47. The zero-order valence-corrected chi connectivity index (χ0v) is 16.3. The number of fused-ring (bicyclic) bond motifs is 4. The van der Waals surface area contributed by atoms with Crippen LogP contribution in [-0.2, 0) is 0 Å². The summed E-state index contributed by atoms with van der Waals surface area (Å²) in [4.78, 5) is 25.2. The monoisotopic (exact) mass is 427 g/mol. The van der Waals surface area contributed by atoms with Crippen LogP contribution in [0.25, 0.3) is 33.2 Å². The van der Waals surface area contributed by atoms with Crippen molar-refractivity contribution in [1.82, 2.24) is 10.2 Å². The zero-order chi connectivity index (χ0) is 21.7. The second kappa shape index (κ2) is 6.95. The maximum atomic E-state index is 12.8. The van der Waals surface area contributed by atoms with Crippen LogP contribution in [0.4, 0.5) is 6.01 Å². The van der Waals surface area contributed by atoms with Gasteiger partial charge in [0.05, 0.1) is 0 Å². The van der Waals surface area contributed by atoms with Crippen LogP contribution in [0.5, 0.6) is 11.5 Å². The summed E-state index contributed by atoms with van der Waals surface area (Å²) in [5, 5.41) is 12.7. The van der Waals surface area contributed by atoms with Crippen LogP contribution in [0.1, 0.15) is 10.4 Å². The number of carbonyl (C=O) groups excluding carboxylic acids is 1. The van der Waals surface area contributed by atoms with Gasteiger partial charge in [-0.1, -0.05) is 35.4 Å². The van der Waals surface area contributed by atoms with Gasteiger partial charge < -0.3 is 18.3 Å². The molecule has 0 atom stereocenters. The maximum absolute atomic E-state index is 12.8. The van der Waals surface area contributed by atoms with Gasteiger partial charge in [-0.05, 0) is 41.1 Å². The van der Waals surface area contributed by atoms with Gasteiger partial charge in [0.15, 0.2) is 11.5 Å². The number of hydrogen-bond acceptors (Lipinski definition) is 8. The van der Waals surface area contributed by atoms with Crippen molar-refractivity contribution in [2.24, 2.45) is 0 Å². The summed E-state index contributed by atoms with van der Waals surface area (Å²) >= 11 is 0. The molecule has 2 aromatic heterocycles. The highest BCUT2D eigenvalue weighted by atomic mass is 16.7. The van der Waals surface area contributed by atoms with Crippen LogP contribution in [0.15, 0.2) is 74.3 Å². The topological polar surface area (TPSA) is 117 Å². The van der Waals surface area contributed by atoms with Crippen LogP contribution >= 0.6 is 0 Å². The van der Waals surface area contributed by atoms with Crippen LogP contribution in [0.3, 0.4) is 0 Å². The highest BCUT2D eigenvalue weighted by Crippen LogP contribution is 2.35. The molecule has 9 heteroatoms. The van der Waals surface area contributed by atoms with Gasteiger partial charge in [-0.2, -0.15) is 0 Å². The van der Waals surface area contributed by atoms with Gasteiger partial charge in [0.1, 0.15) is 11.1 Å². The number of hydrogen-bond donors (Lipinski definition) is 1. The van der Waals surface area contributed by atoms with Crippen LogP contribution in [-0.4, -0.2) is 22.9 Å². The Hall–Kier alpha value is -4.66. The number of amides is 1. The van der Waals surface area contributed by atoms with E-state index in [0.29, 0.717) is 28.0 Å². The third kappa shape index (κ3) is 2.95. The van der Waals surface area contributed by atoms with E-state index in [1.54, 1.807) is 24.3 Å². The molecular formula is C23H13N3O6. The van der Waals surface area contributed by atoms with Crippen molar-refractivity contribution in [3.05, 3.63) is 76.6 Å². The largest absolute Gasteiger partial charge is 0.454 e. The van der Waals surface area contributed by atoms with Crippen molar-refractivity contribution in [3.63, 3.8) is 0 Å². The van der Waals surface area contributed by atoms with E-state index in [1.165, 1.54) is 6.07 Å². The Morgan fingerprint density at radius 1 is 0.875 bits per heavy atom. The molecule has 0 spiro atoms. The first kappa shape index (κ1) is 18.1. The van der Waals surface area contributed by atoms with Crippen LogP contribution in [0.2, 0.25) is 0 Å². The number of rotatable bonds is 3. The first-order chi connectivity index (χ1) is 15.7. The van der Waals surface area contributed by atoms with Crippen molar-refractivity contribution in [2.75, 3.05) is 12.1 Å². The Morgan fingerprint density at radius 2 is 1.75 bits per heavy atom. The number of nitrogens with zero attached hydrogens (tertiary/aromatic N) is 2. The highest BCUT2D eigenvalue weighted by molar-refractivity contribution is 6.10. The smallest absolute Gasteiger partial charge is 0.349 e. The Balaban J connectivity index is 1.32. The molecular weight excluding hydrogens is 414 g/mol. The molecule has 3 aromatic carbocycles. The molecule has 0 saturated carbocycles.